The molecule has 0 heterocycles. The van der Waals surface area contributed by atoms with E-state index in [0.717, 1.165) is 0 Å². The zero-order chi connectivity index (χ0) is 3.58. The van der Waals surface area contributed by atoms with Crippen molar-refractivity contribution in [3.63, 3.8) is 0 Å². The molecule has 0 saturated carbocycles. The van der Waals surface area contributed by atoms with E-state index < -0.39 is 6.16 Å². The largest absolute Gasteiger partial charge is 2.00 e. The molecule has 0 fully saturated rings. The Kier molecular flexibility index (Phi) is 24.4. The molecule has 0 aromatic heterocycles. The van der Waals surface area contributed by atoms with Crippen molar-refractivity contribution in [2.45, 2.75) is 0 Å². The van der Waals surface area contributed by atoms with E-state index in [9.17, 15) is 0 Å². The fourth-order valence-corrected chi connectivity index (χ4v) is 0. The summed E-state index contributed by atoms with van der Waals surface area (Å²) in [5, 5.41) is 16.7. The van der Waals surface area contributed by atoms with Crippen LogP contribution in [-0.4, -0.2) is 52.3 Å². The van der Waals surface area contributed by atoms with Gasteiger partial charge in [0.25, 0.3) is 0 Å². The molecule has 0 aliphatic rings. The summed E-state index contributed by atoms with van der Waals surface area (Å²) in [6.07, 6.45) is -2.33. The Morgan fingerprint density at radius 1 is 1.33 bits per heavy atom. The average molecular weight is 111 g/mol. The van der Waals surface area contributed by atoms with Crippen LogP contribution in [0.25, 0.3) is 0 Å². The van der Waals surface area contributed by atoms with Gasteiger partial charge in [-0.3, -0.25) is 0 Å². The van der Waals surface area contributed by atoms with Crippen LogP contribution in [0.15, 0.2) is 0 Å². The molecule has 6 heavy (non-hydrogen) atoms. The van der Waals surface area contributed by atoms with Crippen LogP contribution in [0.2, 0.25) is 0 Å². The topological polar surface area (TPSA) is 63.2 Å². The maximum absolute atomic E-state index is 8.33. The molecular weight excluding hydrogens is 109 g/mol. The summed E-state index contributed by atoms with van der Waals surface area (Å²) in [4.78, 5) is 8.33. The first-order valence-electron chi connectivity index (χ1n) is 0.612. The van der Waals surface area contributed by atoms with Gasteiger partial charge in [-0.1, -0.05) is 0 Å². The van der Waals surface area contributed by atoms with Crippen molar-refractivity contribution in [2.24, 2.45) is 0 Å². The fraction of sp³-hybridized carbons (Fsp3) is 0. The quantitative estimate of drug-likeness (QED) is 0.313. The number of hydrogen-bond donors (Lipinski definition) is 0. The summed E-state index contributed by atoms with van der Waals surface area (Å²) >= 11 is 0. The Bertz CT molecular complexity index is 38.3. The normalized spacial score (nSPS) is 4.00. The molecule has 0 aliphatic carbocycles. The molecule has 0 unspecified atom stereocenters. The van der Waals surface area contributed by atoms with Crippen LogP contribution in [0.5, 0.6) is 0 Å². The summed E-state index contributed by atoms with van der Waals surface area (Å²) in [7, 11) is 0. The van der Waals surface area contributed by atoms with Gasteiger partial charge >= 0.3 is 46.1 Å². The Labute approximate surface area is 70.0 Å². The van der Waals surface area contributed by atoms with Gasteiger partial charge in [-0.15, -0.1) is 0 Å². The van der Waals surface area contributed by atoms with Gasteiger partial charge in [0.1, 0.15) is 0 Å². The van der Waals surface area contributed by atoms with Crippen LogP contribution in [-0.2, 0) is 0 Å². The van der Waals surface area contributed by atoms with Crippen molar-refractivity contribution < 1.29 is 17.9 Å². The van der Waals surface area contributed by atoms with Crippen molar-refractivity contribution in [3.05, 3.63) is 0 Å². The molecule has 0 spiro atoms. The molecule has 0 bridgehead atoms. The summed E-state index contributed by atoms with van der Waals surface area (Å²) < 4.78 is 0. The fourth-order valence-electron chi connectivity index (χ4n) is 0. The van der Waals surface area contributed by atoms with Crippen molar-refractivity contribution in [3.8, 4) is 0 Å². The summed E-state index contributed by atoms with van der Waals surface area (Å²) in [5.41, 5.74) is 0. The van der Waals surface area contributed by atoms with E-state index in [0.29, 0.717) is 0 Å². The monoisotopic (exact) mass is 110 g/mol. The smallest absolute Gasteiger partial charge is 1.00 e. The molecule has 0 rings (SSSR count). The van der Waals surface area contributed by atoms with Gasteiger partial charge in [0.2, 0.25) is 0 Å². The van der Waals surface area contributed by atoms with E-state index >= 15 is 0 Å². The van der Waals surface area contributed by atoms with E-state index in [1.807, 2.05) is 0 Å². The molecule has 0 aromatic rings. The van der Waals surface area contributed by atoms with E-state index in [-0.39, 0.29) is 49.0 Å². The number of rotatable bonds is 0. The van der Waals surface area contributed by atoms with Gasteiger partial charge in [-0.05, 0) is 6.16 Å². The third kappa shape index (κ3) is 108. The molecule has 0 atom stereocenters. The molecule has 0 aromatic carbocycles. The van der Waals surface area contributed by atoms with Crippen molar-refractivity contribution in [1.82, 2.24) is 0 Å². The van der Waals surface area contributed by atoms with Gasteiger partial charge in [0.05, 0.1) is 0 Å². The second-order valence-electron chi connectivity index (χ2n) is 0.250. The SMILES string of the molecule is O=C([O-])[O-].[H-].[H-].[Mg+2].[Mg+2]. The van der Waals surface area contributed by atoms with Crippen molar-refractivity contribution in [2.75, 3.05) is 0 Å². The van der Waals surface area contributed by atoms with E-state index in [1.165, 1.54) is 0 Å². The number of carboxylic acid groups (broad SMARTS) is 2. The molecular formula is CH2Mg2O3. The minimum atomic E-state index is -2.33. The van der Waals surface area contributed by atoms with Gasteiger partial charge < -0.3 is 17.9 Å². The predicted molar refractivity (Wildman–Crippen MR) is 19.1 cm³/mol. The first kappa shape index (κ1) is 15.8. The molecule has 0 N–H and O–H groups in total. The van der Waals surface area contributed by atoms with Crippen LogP contribution in [0.4, 0.5) is 4.79 Å². The van der Waals surface area contributed by atoms with E-state index in [1.54, 1.807) is 0 Å². The van der Waals surface area contributed by atoms with Gasteiger partial charge in [-0.2, -0.15) is 0 Å². The number of carbonyl (C=O) groups excluding carboxylic acids is 1. The van der Waals surface area contributed by atoms with Crippen molar-refractivity contribution in [1.29, 1.82) is 0 Å². The molecule has 0 amide bonds. The second kappa shape index (κ2) is 9.26. The van der Waals surface area contributed by atoms with Crippen LogP contribution in [0.3, 0.4) is 0 Å². The van der Waals surface area contributed by atoms with Gasteiger partial charge in [0, 0.05) is 0 Å². The van der Waals surface area contributed by atoms with E-state index in [4.69, 9.17) is 15.0 Å². The van der Waals surface area contributed by atoms with E-state index in [2.05, 4.69) is 0 Å². The van der Waals surface area contributed by atoms with Gasteiger partial charge in [0.15, 0.2) is 0 Å². The zero-order valence-corrected chi connectivity index (χ0v) is 5.97. The maximum Gasteiger partial charge on any atom is 2.00 e. The Morgan fingerprint density at radius 3 is 1.33 bits per heavy atom. The van der Waals surface area contributed by atoms with Gasteiger partial charge in [-0.25, -0.2) is 0 Å². The molecule has 28 valence electrons. The first-order valence-corrected chi connectivity index (χ1v) is 0.612. The number of carbonyl (C=O) groups is 1. The summed E-state index contributed by atoms with van der Waals surface area (Å²) in [6.45, 7) is 0. The summed E-state index contributed by atoms with van der Waals surface area (Å²) in [6, 6.07) is 0. The van der Waals surface area contributed by atoms with Crippen LogP contribution < -0.4 is 10.2 Å². The first-order chi connectivity index (χ1) is 1.73. The van der Waals surface area contributed by atoms with Crippen molar-refractivity contribution >= 4 is 52.3 Å². The minimum absolute atomic E-state index is 0. The molecule has 0 saturated heterocycles. The third-order valence-electron chi connectivity index (χ3n) is 0. The number of hydrogen-bond acceptors (Lipinski definition) is 3. The maximum atomic E-state index is 8.33. The molecule has 0 aliphatic heterocycles. The molecule has 3 nitrogen and oxygen atoms in total. The Hall–Kier alpha value is 0.802. The minimum Gasteiger partial charge on any atom is -1.00 e. The van der Waals surface area contributed by atoms with Crippen LogP contribution in [0.1, 0.15) is 2.85 Å². The van der Waals surface area contributed by atoms with Crippen LogP contribution >= 0.6 is 0 Å². The standard InChI is InChI=1S/CH2O3.2Mg.2H/c2-1(3)4;;;;/h(H2,2,3,4);;;;/q;2*+2;2*-1/p-2. The Balaban J connectivity index is -0.00000000750. The second-order valence-corrected chi connectivity index (χ2v) is 0.250. The molecule has 5 heteroatoms. The average Bonchev–Trinajstić information content (AvgIpc) is 0.811. The zero-order valence-electron chi connectivity index (χ0n) is 5.14. The summed E-state index contributed by atoms with van der Waals surface area (Å²) in [5.74, 6) is 0. The van der Waals surface area contributed by atoms with Crippen LogP contribution in [0, 0.1) is 0 Å². The predicted octanol–water partition coefficient (Wildman–Crippen LogP) is -2.98. The molecule has 0 radical (unpaired) electrons. The third-order valence-corrected chi connectivity index (χ3v) is 0. The Morgan fingerprint density at radius 2 is 1.33 bits per heavy atom.